The minimum atomic E-state index is -1.14. The third-order valence-corrected chi connectivity index (χ3v) is 3.84. The number of hydrogen-bond donors (Lipinski definition) is 1. The van der Waals surface area contributed by atoms with Crippen molar-refractivity contribution in [1.82, 2.24) is 19.8 Å². The van der Waals surface area contributed by atoms with E-state index < -0.39 is 5.97 Å². The van der Waals surface area contributed by atoms with Gasteiger partial charge in [0.25, 0.3) is 0 Å². The van der Waals surface area contributed by atoms with Crippen molar-refractivity contribution in [3.05, 3.63) is 78.4 Å². The molecule has 1 heterocycles. The molecule has 0 amide bonds. The summed E-state index contributed by atoms with van der Waals surface area (Å²) in [5, 5.41) is 17.7. The average Bonchev–Trinajstić information content (AvgIpc) is 3.20. The first kappa shape index (κ1) is 18.1. The molecule has 0 aliphatic rings. The lowest BCUT2D eigenvalue weighted by atomic mass is 10.1. The molecule has 8 nitrogen and oxygen atoms in total. The van der Waals surface area contributed by atoms with E-state index in [-0.39, 0.29) is 5.84 Å². The van der Waals surface area contributed by atoms with E-state index in [4.69, 9.17) is 4.74 Å². The molecule has 0 spiro atoms. The van der Waals surface area contributed by atoms with Crippen molar-refractivity contribution in [1.29, 1.82) is 0 Å². The molecular formula is C19H19N5O3. The van der Waals surface area contributed by atoms with Gasteiger partial charge in [-0.05, 0) is 23.3 Å². The molecule has 3 rings (SSSR count). The summed E-state index contributed by atoms with van der Waals surface area (Å²) in [4.78, 5) is 18.5. The standard InChI is InChI=1S/C19H19N5O3/c1-27-17-9-7-16(8-10-17)12-23(11-15-5-3-2-4-6-15)18(19(25)26)22-24-14-20-13-21-24/h2-10,13-14H,11-12H2,1H3,(H,25,26)/b22-18+. The summed E-state index contributed by atoms with van der Waals surface area (Å²) >= 11 is 0. The Labute approximate surface area is 156 Å². The lowest BCUT2D eigenvalue weighted by molar-refractivity contribution is -0.130. The van der Waals surface area contributed by atoms with Gasteiger partial charge in [0.05, 0.1) is 7.11 Å². The van der Waals surface area contributed by atoms with Crippen LogP contribution in [0.3, 0.4) is 0 Å². The zero-order valence-corrected chi connectivity index (χ0v) is 14.8. The van der Waals surface area contributed by atoms with Crippen LogP contribution in [0, 0.1) is 0 Å². The first-order chi connectivity index (χ1) is 13.2. The Morgan fingerprint density at radius 2 is 1.78 bits per heavy atom. The molecule has 0 atom stereocenters. The van der Waals surface area contributed by atoms with Gasteiger partial charge >= 0.3 is 5.97 Å². The third-order valence-electron chi connectivity index (χ3n) is 3.84. The van der Waals surface area contributed by atoms with Gasteiger partial charge < -0.3 is 14.7 Å². The summed E-state index contributed by atoms with van der Waals surface area (Å²) in [7, 11) is 1.60. The van der Waals surface area contributed by atoms with Crippen molar-refractivity contribution in [2.24, 2.45) is 5.10 Å². The summed E-state index contributed by atoms with van der Waals surface area (Å²) in [6, 6.07) is 17.1. The van der Waals surface area contributed by atoms with E-state index >= 15 is 0 Å². The number of rotatable bonds is 6. The molecule has 138 valence electrons. The Morgan fingerprint density at radius 3 is 2.33 bits per heavy atom. The molecule has 1 aromatic heterocycles. The number of amidine groups is 1. The molecule has 8 heteroatoms. The zero-order valence-electron chi connectivity index (χ0n) is 14.8. The number of carboxylic acid groups (broad SMARTS) is 1. The molecule has 0 unspecified atom stereocenters. The van der Waals surface area contributed by atoms with E-state index in [2.05, 4.69) is 15.2 Å². The maximum atomic E-state index is 11.9. The number of benzene rings is 2. The van der Waals surface area contributed by atoms with Gasteiger partial charge in [0, 0.05) is 13.1 Å². The Kier molecular flexibility index (Phi) is 5.78. The van der Waals surface area contributed by atoms with Crippen molar-refractivity contribution in [3.63, 3.8) is 0 Å². The molecule has 27 heavy (non-hydrogen) atoms. The van der Waals surface area contributed by atoms with Crippen LogP contribution >= 0.6 is 0 Å². The largest absolute Gasteiger partial charge is 0.497 e. The fraction of sp³-hybridized carbons (Fsp3) is 0.158. The van der Waals surface area contributed by atoms with Crippen LogP contribution in [-0.2, 0) is 17.9 Å². The molecule has 0 bridgehead atoms. The van der Waals surface area contributed by atoms with Gasteiger partial charge in [-0.1, -0.05) is 42.5 Å². The monoisotopic (exact) mass is 365 g/mol. The van der Waals surface area contributed by atoms with Crippen LogP contribution < -0.4 is 4.74 Å². The van der Waals surface area contributed by atoms with Crippen LogP contribution in [-0.4, -0.2) is 43.8 Å². The van der Waals surface area contributed by atoms with Crippen LogP contribution in [0.25, 0.3) is 0 Å². The first-order valence-corrected chi connectivity index (χ1v) is 8.24. The van der Waals surface area contributed by atoms with E-state index in [1.54, 1.807) is 12.0 Å². The second-order valence-electron chi connectivity index (χ2n) is 5.73. The number of hydrogen-bond acceptors (Lipinski definition) is 5. The minimum Gasteiger partial charge on any atom is -0.497 e. The first-order valence-electron chi connectivity index (χ1n) is 8.24. The molecule has 0 saturated heterocycles. The van der Waals surface area contributed by atoms with Crippen molar-refractivity contribution in [3.8, 4) is 5.75 Å². The van der Waals surface area contributed by atoms with Crippen LogP contribution in [0.4, 0.5) is 0 Å². The van der Waals surface area contributed by atoms with Crippen LogP contribution in [0.15, 0.2) is 72.4 Å². The maximum Gasteiger partial charge on any atom is 0.373 e. The van der Waals surface area contributed by atoms with Crippen molar-refractivity contribution in [2.45, 2.75) is 13.1 Å². The summed E-state index contributed by atoms with van der Waals surface area (Å²) in [5.74, 6) is -0.529. The number of aromatic nitrogens is 3. The number of nitrogens with zero attached hydrogens (tertiary/aromatic N) is 5. The van der Waals surface area contributed by atoms with E-state index in [9.17, 15) is 9.90 Å². The molecule has 0 radical (unpaired) electrons. The Hall–Kier alpha value is -3.68. The molecule has 0 aliphatic heterocycles. The summed E-state index contributed by atoms with van der Waals surface area (Å²) < 4.78 is 5.18. The number of aliphatic carboxylic acids is 1. The Bertz CT molecular complexity index is 893. The predicted molar refractivity (Wildman–Crippen MR) is 99.2 cm³/mol. The fourth-order valence-corrected chi connectivity index (χ4v) is 2.55. The van der Waals surface area contributed by atoms with Crippen LogP contribution in [0.5, 0.6) is 5.75 Å². The van der Waals surface area contributed by atoms with Crippen molar-refractivity contribution < 1.29 is 14.6 Å². The third kappa shape index (κ3) is 4.91. The highest BCUT2D eigenvalue weighted by atomic mass is 16.5. The van der Waals surface area contributed by atoms with Gasteiger partial charge in [0.1, 0.15) is 18.4 Å². The van der Waals surface area contributed by atoms with Gasteiger partial charge in [-0.15, -0.1) is 15.0 Å². The second-order valence-corrected chi connectivity index (χ2v) is 5.73. The quantitative estimate of drug-likeness (QED) is 0.532. The van der Waals surface area contributed by atoms with E-state index in [1.807, 2.05) is 54.6 Å². The fourth-order valence-electron chi connectivity index (χ4n) is 2.55. The normalized spacial score (nSPS) is 11.2. The Morgan fingerprint density at radius 1 is 1.11 bits per heavy atom. The van der Waals surface area contributed by atoms with Crippen molar-refractivity contribution in [2.75, 3.05) is 7.11 Å². The van der Waals surface area contributed by atoms with Gasteiger partial charge in [0.15, 0.2) is 0 Å². The summed E-state index contributed by atoms with van der Waals surface area (Å²) in [6.07, 6.45) is 2.64. The number of ether oxygens (including phenoxy) is 1. The van der Waals surface area contributed by atoms with Crippen LogP contribution in [0.2, 0.25) is 0 Å². The maximum absolute atomic E-state index is 11.9. The number of carboxylic acids is 1. The highest BCUT2D eigenvalue weighted by Gasteiger charge is 2.20. The highest BCUT2D eigenvalue weighted by Crippen LogP contribution is 2.15. The molecule has 3 aromatic rings. The van der Waals surface area contributed by atoms with Gasteiger partial charge in [-0.2, -0.15) is 0 Å². The van der Waals surface area contributed by atoms with Crippen LogP contribution in [0.1, 0.15) is 11.1 Å². The predicted octanol–water partition coefficient (Wildman–Crippen LogP) is 2.24. The lowest BCUT2D eigenvalue weighted by Gasteiger charge is -2.24. The smallest absolute Gasteiger partial charge is 0.373 e. The second kappa shape index (κ2) is 8.61. The summed E-state index contributed by atoms with van der Waals surface area (Å²) in [5.41, 5.74) is 1.90. The topological polar surface area (TPSA) is 92.8 Å². The zero-order chi connectivity index (χ0) is 19.1. The molecule has 0 saturated carbocycles. The molecule has 2 aromatic carbocycles. The van der Waals surface area contributed by atoms with E-state index in [1.165, 1.54) is 12.7 Å². The molecule has 0 aliphatic carbocycles. The molecular weight excluding hydrogens is 346 g/mol. The molecule has 1 N–H and O–H groups in total. The lowest BCUT2D eigenvalue weighted by Crippen LogP contribution is -2.36. The SMILES string of the molecule is COc1ccc(CN(Cc2ccccc2)/C(=N/n2cncn2)C(=O)O)cc1. The number of carbonyl (C=O) groups is 1. The average molecular weight is 365 g/mol. The molecule has 0 fully saturated rings. The van der Waals surface area contributed by atoms with E-state index in [0.717, 1.165) is 21.7 Å². The summed E-state index contributed by atoms with van der Waals surface area (Å²) in [6.45, 7) is 0.741. The number of methoxy groups -OCH3 is 1. The van der Waals surface area contributed by atoms with Crippen molar-refractivity contribution >= 4 is 11.8 Å². The highest BCUT2D eigenvalue weighted by molar-refractivity contribution is 6.34. The van der Waals surface area contributed by atoms with Gasteiger partial charge in [-0.25, -0.2) is 9.78 Å². The minimum absolute atomic E-state index is 0.125. The van der Waals surface area contributed by atoms with Gasteiger partial charge in [-0.3, -0.25) is 0 Å². The Balaban J connectivity index is 1.92. The van der Waals surface area contributed by atoms with Gasteiger partial charge in [0.2, 0.25) is 5.84 Å². The van der Waals surface area contributed by atoms with E-state index in [0.29, 0.717) is 13.1 Å².